The molecule has 3 rings (SSSR count). The smallest absolute Gasteiger partial charge is 0.355 e. The summed E-state index contributed by atoms with van der Waals surface area (Å²) in [5.41, 5.74) is 1.34. The van der Waals surface area contributed by atoms with Crippen LogP contribution in [0.4, 0.5) is 0 Å². The molecular formula is C13H11N3O3S. The molecule has 0 aliphatic heterocycles. The fourth-order valence-corrected chi connectivity index (χ4v) is 2.32. The van der Waals surface area contributed by atoms with Gasteiger partial charge in [-0.2, -0.15) is 16.3 Å². The monoisotopic (exact) mass is 289 g/mol. The van der Waals surface area contributed by atoms with Crippen molar-refractivity contribution in [2.45, 2.75) is 6.61 Å². The lowest BCUT2D eigenvalue weighted by Crippen LogP contribution is -2.10. The third-order valence-corrected chi connectivity index (χ3v) is 3.40. The summed E-state index contributed by atoms with van der Waals surface area (Å²) in [6.07, 6.45) is 1.78. The van der Waals surface area contributed by atoms with E-state index < -0.39 is 5.97 Å². The molecule has 0 saturated carbocycles. The van der Waals surface area contributed by atoms with Gasteiger partial charge in [-0.1, -0.05) is 5.16 Å². The lowest BCUT2D eigenvalue weighted by Gasteiger charge is -2.02. The number of rotatable bonds is 4. The Bertz CT molecular complexity index is 715. The molecule has 0 aromatic carbocycles. The second-order valence-electron chi connectivity index (χ2n) is 4.11. The van der Waals surface area contributed by atoms with Crippen LogP contribution in [0.15, 0.2) is 39.7 Å². The van der Waals surface area contributed by atoms with Crippen LogP contribution in [0.25, 0.3) is 11.5 Å². The number of nitrogens with zero attached hydrogens (tertiary/aromatic N) is 3. The number of ether oxygens (including phenoxy) is 1. The predicted molar refractivity (Wildman–Crippen MR) is 72.1 cm³/mol. The zero-order chi connectivity index (χ0) is 13.9. The first-order valence-electron chi connectivity index (χ1n) is 5.87. The lowest BCUT2D eigenvalue weighted by atomic mass is 10.3. The Morgan fingerprint density at radius 1 is 1.50 bits per heavy atom. The normalized spacial score (nSPS) is 10.7. The maximum atomic E-state index is 11.8. The number of esters is 1. The van der Waals surface area contributed by atoms with Gasteiger partial charge >= 0.3 is 5.97 Å². The van der Waals surface area contributed by atoms with Crippen LogP contribution in [0, 0.1) is 0 Å². The molecule has 0 amide bonds. The number of aromatic nitrogens is 3. The zero-order valence-electron chi connectivity index (χ0n) is 10.6. The minimum Gasteiger partial charge on any atom is -0.453 e. The molecule has 0 saturated heterocycles. The van der Waals surface area contributed by atoms with E-state index in [1.54, 1.807) is 41.3 Å². The predicted octanol–water partition coefficient (Wildman–Crippen LogP) is 2.49. The van der Waals surface area contributed by atoms with E-state index in [1.807, 2.05) is 16.8 Å². The van der Waals surface area contributed by atoms with Gasteiger partial charge in [0.25, 0.3) is 5.89 Å². The Hall–Kier alpha value is -2.41. The van der Waals surface area contributed by atoms with Crippen molar-refractivity contribution in [3.05, 3.63) is 46.7 Å². The molecule has 0 radical (unpaired) electrons. The minimum absolute atomic E-state index is 0.0162. The fourth-order valence-electron chi connectivity index (χ4n) is 1.69. The van der Waals surface area contributed by atoms with Gasteiger partial charge in [0, 0.05) is 18.6 Å². The van der Waals surface area contributed by atoms with Crippen LogP contribution in [0.2, 0.25) is 0 Å². The van der Waals surface area contributed by atoms with Gasteiger partial charge in [-0.25, -0.2) is 4.79 Å². The van der Waals surface area contributed by atoms with Gasteiger partial charge in [-0.3, -0.25) is 0 Å². The van der Waals surface area contributed by atoms with Crippen LogP contribution in [0.1, 0.15) is 16.3 Å². The fraction of sp³-hybridized carbons (Fsp3) is 0.154. The van der Waals surface area contributed by atoms with E-state index in [9.17, 15) is 4.79 Å². The van der Waals surface area contributed by atoms with E-state index in [-0.39, 0.29) is 6.61 Å². The molecule has 6 nitrogen and oxygen atoms in total. The van der Waals surface area contributed by atoms with Crippen molar-refractivity contribution in [2.75, 3.05) is 0 Å². The van der Waals surface area contributed by atoms with Gasteiger partial charge in [0.15, 0.2) is 6.61 Å². The van der Waals surface area contributed by atoms with Crippen LogP contribution in [-0.2, 0) is 18.4 Å². The molecule has 0 bridgehead atoms. The molecule has 0 aliphatic carbocycles. The van der Waals surface area contributed by atoms with Crippen molar-refractivity contribution < 1.29 is 14.1 Å². The summed E-state index contributed by atoms with van der Waals surface area (Å²) in [6, 6.07) is 5.35. The largest absolute Gasteiger partial charge is 0.453 e. The van der Waals surface area contributed by atoms with E-state index in [0.29, 0.717) is 17.4 Å². The first kappa shape index (κ1) is 12.6. The molecule has 3 aromatic heterocycles. The van der Waals surface area contributed by atoms with Gasteiger partial charge in [0.05, 0.1) is 5.56 Å². The van der Waals surface area contributed by atoms with Gasteiger partial charge in [0.1, 0.15) is 5.69 Å². The Morgan fingerprint density at radius 3 is 3.10 bits per heavy atom. The highest BCUT2D eigenvalue weighted by atomic mass is 32.1. The average Bonchev–Trinajstić information content (AvgIpc) is 3.16. The third-order valence-electron chi connectivity index (χ3n) is 2.72. The highest BCUT2D eigenvalue weighted by molar-refractivity contribution is 7.08. The number of aryl methyl sites for hydroxylation is 1. The molecule has 0 spiro atoms. The van der Waals surface area contributed by atoms with E-state index in [0.717, 1.165) is 5.56 Å². The minimum atomic E-state index is -0.417. The maximum absolute atomic E-state index is 11.8. The second-order valence-corrected chi connectivity index (χ2v) is 4.89. The van der Waals surface area contributed by atoms with E-state index in [4.69, 9.17) is 9.26 Å². The molecule has 0 unspecified atom stereocenters. The summed E-state index contributed by atoms with van der Waals surface area (Å²) in [5.74, 6) is 0.351. The van der Waals surface area contributed by atoms with Gasteiger partial charge in [-0.05, 0) is 23.6 Å². The first-order valence-corrected chi connectivity index (χ1v) is 6.82. The van der Waals surface area contributed by atoms with Crippen LogP contribution < -0.4 is 0 Å². The van der Waals surface area contributed by atoms with Crippen molar-refractivity contribution in [1.82, 2.24) is 14.7 Å². The highest BCUT2D eigenvalue weighted by Gasteiger charge is 2.14. The van der Waals surface area contributed by atoms with Crippen LogP contribution >= 0.6 is 11.3 Å². The number of hydrogen-bond donors (Lipinski definition) is 0. The van der Waals surface area contributed by atoms with Crippen molar-refractivity contribution >= 4 is 17.3 Å². The van der Waals surface area contributed by atoms with Crippen LogP contribution in [-0.4, -0.2) is 20.7 Å². The standard InChI is InChI=1S/C13H11N3O3S/c1-16-5-2-3-10(16)13(17)18-7-11-14-12(19-15-11)9-4-6-20-8-9/h2-6,8H,7H2,1H3. The topological polar surface area (TPSA) is 70.2 Å². The molecule has 0 atom stereocenters. The van der Waals surface area contributed by atoms with Gasteiger partial charge < -0.3 is 13.8 Å². The van der Waals surface area contributed by atoms with Crippen molar-refractivity contribution in [3.63, 3.8) is 0 Å². The van der Waals surface area contributed by atoms with Crippen molar-refractivity contribution in [2.24, 2.45) is 7.05 Å². The number of thiophene rings is 1. The van der Waals surface area contributed by atoms with Crippen LogP contribution in [0.5, 0.6) is 0 Å². The molecule has 7 heteroatoms. The Morgan fingerprint density at radius 2 is 2.40 bits per heavy atom. The van der Waals surface area contributed by atoms with Crippen molar-refractivity contribution in [3.8, 4) is 11.5 Å². The van der Waals surface area contributed by atoms with Crippen molar-refractivity contribution in [1.29, 1.82) is 0 Å². The molecule has 3 heterocycles. The summed E-state index contributed by atoms with van der Waals surface area (Å²) in [4.78, 5) is 16.0. The SMILES string of the molecule is Cn1cccc1C(=O)OCc1noc(-c2ccsc2)n1. The number of carbonyl (C=O) groups is 1. The molecule has 0 aliphatic rings. The van der Waals surface area contributed by atoms with E-state index in [2.05, 4.69) is 10.1 Å². The zero-order valence-corrected chi connectivity index (χ0v) is 11.5. The molecule has 102 valence electrons. The third kappa shape index (κ3) is 2.48. The first-order chi connectivity index (χ1) is 9.74. The molecule has 3 aromatic rings. The van der Waals surface area contributed by atoms with E-state index in [1.165, 1.54) is 0 Å². The second kappa shape index (κ2) is 5.30. The summed E-state index contributed by atoms with van der Waals surface area (Å²) < 4.78 is 11.9. The Balaban J connectivity index is 1.65. The summed E-state index contributed by atoms with van der Waals surface area (Å²) in [6.45, 7) is -0.0162. The summed E-state index contributed by atoms with van der Waals surface area (Å²) in [7, 11) is 1.78. The summed E-state index contributed by atoms with van der Waals surface area (Å²) in [5, 5.41) is 7.62. The quantitative estimate of drug-likeness (QED) is 0.690. The van der Waals surface area contributed by atoms with Crippen LogP contribution in [0.3, 0.4) is 0 Å². The highest BCUT2D eigenvalue weighted by Crippen LogP contribution is 2.20. The number of carbonyl (C=O) groups excluding carboxylic acids is 1. The number of hydrogen-bond acceptors (Lipinski definition) is 6. The Kier molecular flexibility index (Phi) is 3.34. The summed E-state index contributed by atoms with van der Waals surface area (Å²) >= 11 is 1.55. The average molecular weight is 289 g/mol. The maximum Gasteiger partial charge on any atom is 0.355 e. The lowest BCUT2D eigenvalue weighted by molar-refractivity contribution is 0.0448. The van der Waals surface area contributed by atoms with Gasteiger partial charge in [-0.15, -0.1) is 0 Å². The molecular weight excluding hydrogens is 278 g/mol. The van der Waals surface area contributed by atoms with E-state index >= 15 is 0 Å². The Labute approximate surface area is 118 Å². The van der Waals surface area contributed by atoms with Gasteiger partial charge in [0.2, 0.25) is 5.82 Å². The molecule has 0 N–H and O–H groups in total. The molecule has 20 heavy (non-hydrogen) atoms. The molecule has 0 fully saturated rings.